The second kappa shape index (κ2) is 6.92. The molecule has 3 heterocycles. The summed E-state index contributed by atoms with van der Waals surface area (Å²) in [7, 11) is 0. The van der Waals surface area contributed by atoms with Crippen LogP contribution in [0, 0.1) is 13.8 Å². The summed E-state index contributed by atoms with van der Waals surface area (Å²) in [6, 6.07) is 5.93. The third-order valence-corrected chi connectivity index (χ3v) is 4.18. The Morgan fingerprint density at radius 2 is 2.25 bits per heavy atom. The van der Waals surface area contributed by atoms with Gasteiger partial charge in [0.25, 0.3) is 0 Å². The normalized spacial score (nSPS) is 17.8. The molecule has 1 aliphatic rings. The number of rotatable bonds is 5. The molecule has 0 radical (unpaired) electrons. The smallest absolute Gasteiger partial charge is 0.231 e. The van der Waals surface area contributed by atoms with Crippen LogP contribution in [0.25, 0.3) is 0 Å². The van der Waals surface area contributed by atoms with Crippen molar-refractivity contribution in [3.63, 3.8) is 0 Å². The van der Waals surface area contributed by atoms with Crippen LogP contribution in [0.5, 0.6) is 0 Å². The molecule has 1 aliphatic heterocycles. The third-order valence-electron chi connectivity index (χ3n) is 4.18. The largest absolute Gasteiger partial charge is 0.369 e. The molecule has 2 aromatic heterocycles. The predicted molar refractivity (Wildman–Crippen MR) is 91.8 cm³/mol. The lowest BCUT2D eigenvalue weighted by Crippen LogP contribution is -2.33. The van der Waals surface area contributed by atoms with Crippen LogP contribution in [-0.2, 0) is 4.79 Å². The minimum absolute atomic E-state index is 0.101. The van der Waals surface area contributed by atoms with Gasteiger partial charge in [0.2, 0.25) is 5.91 Å². The highest BCUT2D eigenvalue weighted by Gasteiger charge is 2.28. The minimum atomic E-state index is -0.310. The van der Waals surface area contributed by atoms with Gasteiger partial charge in [0.1, 0.15) is 17.5 Å². The molecule has 0 spiro atoms. The van der Waals surface area contributed by atoms with Gasteiger partial charge >= 0.3 is 0 Å². The fraction of sp³-hybridized carbons (Fsp3) is 0.412. The van der Waals surface area contributed by atoms with Gasteiger partial charge in [0, 0.05) is 12.3 Å². The van der Waals surface area contributed by atoms with E-state index in [0.717, 1.165) is 36.5 Å². The Kier molecular flexibility index (Phi) is 4.71. The number of hydrogen-bond acceptors (Lipinski definition) is 6. The van der Waals surface area contributed by atoms with Crippen molar-refractivity contribution in [2.45, 2.75) is 32.7 Å². The number of likely N-dealkylation sites (tertiary alicyclic amines) is 1. The van der Waals surface area contributed by atoms with Crippen LogP contribution in [0.4, 0.5) is 11.6 Å². The number of carbonyl (C=O) groups is 1. The van der Waals surface area contributed by atoms with E-state index in [1.54, 1.807) is 6.20 Å². The number of pyridine rings is 1. The van der Waals surface area contributed by atoms with E-state index in [2.05, 4.69) is 25.2 Å². The van der Waals surface area contributed by atoms with E-state index in [0.29, 0.717) is 11.6 Å². The molecule has 24 heavy (non-hydrogen) atoms. The first-order chi connectivity index (χ1) is 11.5. The average Bonchev–Trinajstić information content (AvgIpc) is 2.96. The lowest BCUT2D eigenvalue weighted by molar-refractivity contribution is -0.119. The predicted octanol–water partition coefficient (Wildman–Crippen LogP) is 1.85. The molecule has 3 N–H and O–H groups in total. The molecule has 1 atom stereocenters. The highest BCUT2D eigenvalue weighted by molar-refractivity contribution is 5.76. The Morgan fingerprint density at radius 3 is 3.00 bits per heavy atom. The molecule has 1 fully saturated rings. The van der Waals surface area contributed by atoms with Gasteiger partial charge in [0.05, 0.1) is 18.3 Å². The van der Waals surface area contributed by atoms with Crippen LogP contribution in [0.1, 0.15) is 36.0 Å². The first-order valence-electron chi connectivity index (χ1n) is 8.09. The number of nitrogens with two attached hydrogens (primary N) is 1. The summed E-state index contributed by atoms with van der Waals surface area (Å²) in [4.78, 5) is 26.7. The molecule has 0 aromatic carbocycles. The van der Waals surface area contributed by atoms with Gasteiger partial charge in [-0.2, -0.15) is 0 Å². The van der Waals surface area contributed by atoms with E-state index in [4.69, 9.17) is 5.73 Å². The van der Waals surface area contributed by atoms with Crippen molar-refractivity contribution in [2.24, 2.45) is 5.73 Å². The molecule has 126 valence electrons. The fourth-order valence-electron chi connectivity index (χ4n) is 3.11. The summed E-state index contributed by atoms with van der Waals surface area (Å²) in [5.74, 6) is 1.87. The van der Waals surface area contributed by atoms with Gasteiger partial charge in [-0.25, -0.2) is 15.0 Å². The fourth-order valence-corrected chi connectivity index (χ4v) is 3.11. The van der Waals surface area contributed by atoms with E-state index < -0.39 is 0 Å². The van der Waals surface area contributed by atoms with Crippen molar-refractivity contribution in [3.8, 4) is 0 Å². The maximum Gasteiger partial charge on any atom is 0.231 e. The molecule has 7 heteroatoms. The van der Waals surface area contributed by atoms with Gasteiger partial charge in [-0.15, -0.1) is 0 Å². The van der Waals surface area contributed by atoms with E-state index >= 15 is 0 Å². The third kappa shape index (κ3) is 3.68. The first kappa shape index (κ1) is 16.3. The van der Waals surface area contributed by atoms with E-state index in [-0.39, 0.29) is 18.5 Å². The Labute approximate surface area is 141 Å². The van der Waals surface area contributed by atoms with Crippen LogP contribution in [-0.4, -0.2) is 38.8 Å². The monoisotopic (exact) mass is 326 g/mol. The maximum atomic E-state index is 11.3. The standard InChI is InChI=1S/C17H22N6O/c1-11-5-3-7-19-17(11)22-16-9-13(20-12(2)21-16)14-6-4-8-23(14)10-15(18)24/h3,5,7,9,14H,4,6,8,10H2,1-2H3,(H2,18,24)(H,19,20,21,22)/t14-/m0/s1. The van der Waals surface area contributed by atoms with Gasteiger partial charge in [-0.1, -0.05) is 6.07 Å². The van der Waals surface area contributed by atoms with Crippen LogP contribution >= 0.6 is 0 Å². The quantitative estimate of drug-likeness (QED) is 0.870. The van der Waals surface area contributed by atoms with Gasteiger partial charge in [-0.3, -0.25) is 9.69 Å². The topological polar surface area (TPSA) is 97.0 Å². The van der Waals surface area contributed by atoms with Crippen molar-refractivity contribution < 1.29 is 4.79 Å². The zero-order valence-electron chi connectivity index (χ0n) is 14.0. The summed E-state index contributed by atoms with van der Waals surface area (Å²) in [6.45, 7) is 4.98. The summed E-state index contributed by atoms with van der Waals surface area (Å²) in [5.41, 5.74) is 7.32. The zero-order chi connectivity index (χ0) is 17.1. The molecule has 7 nitrogen and oxygen atoms in total. The number of primary amides is 1. The van der Waals surface area contributed by atoms with Crippen LogP contribution < -0.4 is 11.1 Å². The number of amides is 1. The van der Waals surface area contributed by atoms with Crippen molar-refractivity contribution >= 4 is 17.5 Å². The number of anilines is 2. The molecule has 3 rings (SSSR count). The van der Waals surface area contributed by atoms with Crippen molar-refractivity contribution in [1.82, 2.24) is 19.9 Å². The van der Waals surface area contributed by atoms with Crippen LogP contribution in [0.3, 0.4) is 0 Å². The number of nitrogens with one attached hydrogen (secondary N) is 1. The number of nitrogens with zero attached hydrogens (tertiary/aromatic N) is 4. The summed E-state index contributed by atoms with van der Waals surface area (Å²) in [5, 5.41) is 3.26. The minimum Gasteiger partial charge on any atom is -0.369 e. The zero-order valence-corrected chi connectivity index (χ0v) is 14.0. The molecule has 0 saturated carbocycles. The SMILES string of the molecule is Cc1nc(Nc2ncccc2C)cc([C@@H]2CCCN2CC(N)=O)n1. The highest BCUT2D eigenvalue weighted by atomic mass is 16.1. The van der Waals surface area contributed by atoms with Crippen LogP contribution in [0.2, 0.25) is 0 Å². The molecule has 1 saturated heterocycles. The van der Waals surface area contributed by atoms with Crippen molar-refractivity contribution in [2.75, 3.05) is 18.4 Å². The Hall–Kier alpha value is -2.54. The summed E-state index contributed by atoms with van der Waals surface area (Å²) >= 11 is 0. The molecule has 0 aliphatic carbocycles. The molecule has 1 amide bonds. The lowest BCUT2D eigenvalue weighted by Gasteiger charge is -2.23. The Balaban J connectivity index is 1.86. The van der Waals surface area contributed by atoms with E-state index in [1.165, 1.54) is 0 Å². The summed E-state index contributed by atoms with van der Waals surface area (Å²) < 4.78 is 0. The first-order valence-corrected chi connectivity index (χ1v) is 8.09. The van der Waals surface area contributed by atoms with Crippen LogP contribution in [0.15, 0.2) is 24.4 Å². The number of hydrogen-bond donors (Lipinski definition) is 2. The highest BCUT2D eigenvalue weighted by Crippen LogP contribution is 2.31. The molecule has 0 unspecified atom stereocenters. The maximum absolute atomic E-state index is 11.3. The van der Waals surface area contributed by atoms with Crippen molar-refractivity contribution in [3.05, 3.63) is 41.5 Å². The second-order valence-electron chi connectivity index (χ2n) is 6.11. The van der Waals surface area contributed by atoms with E-state index in [9.17, 15) is 4.79 Å². The van der Waals surface area contributed by atoms with E-state index in [1.807, 2.05) is 32.0 Å². The average molecular weight is 326 g/mol. The summed E-state index contributed by atoms with van der Waals surface area (Å²) in [6.07, 6.45) is 3.74. The molecular weight excluding hydrogens is 304 g/mol. The Bertz CT molecular complexity index is 748. The number of carbonyl (C=O) groups excluding carboxylic acids is 1. The number of aryl methyl sites for hydroxylation is 2. The number of aromatic nitrogens is 3. The molecule has 0 bridgehead atoms. The van der Waals surface area contributed by atoms with Gasteiger partial charge in [-0.05, 0) is 44.9 Å². The van der Waals surface area contributed by atoms with Gasteiger partial charge < -0.3 is 11.1 Å². The second-order valence-corrected chi connectivity index (χ2v) is 6.11. The molecule has 2 aromatic rings. The Morgan fingerprint density at radius 1 is 1.42 bits per heavy atom. The van der Waals surface area contributed by atoms with Crippen molar-refractivity contribution in [1.29, 1.82) is 0 Å². The van der Waals surface area contributed by atoms with Gasteiger partial charge in [0.15, 0.2) is 0 Å². The lowest BCUT2D eigenvalue weighted by atomic mass is 10.1. The molecular formula is C17H22N6O.